The number of amidine groups is 1. The number of amides is 1. The summed E-state index contributed by atoms with van der Waals surface area (Å²) in [5, 5.41) is 16.3. The first-order valence-corrected chi connectivity index (χ1v) is 10.8. The van der Waals surface area contributed by atoms with E-state index in [-0.39, 0.29) is 18.4 Å². The normalized spacial score (nSPS) is 27.4. The Morgan fingerprint density at radius 1 is 1.43 bits per heavy atom. The molecular formula is C19H27N7OS. The SMILES string of the molecule is CC1CC2CCC(C1)N2CC[C@H](NC(=O)CC1=NNNN1)c1ccc(C#N)s1. The molecule has 4 N–H and O–H groups in total. The fourth-order valence-electron chi connectivity index (χ4n) is 4.78. The van der Waals surface area contributed by atoms with Gasteiger partial charge in [-0.1, -0.05) is 6.92 Å². The number of carbonyl (C=O) groups is 1. The highest BCUT2D eigenvalue weighted by Crippen LogP contribution is 2.39. The summed E-state index contributed by atoms with van der Waals surface area (Å²) in [4.78, 5) is 16.9. The average molecular weight is 402 g/mol. The zero-order chi connectivity index (χ0) is 19.5. The summed E-state index contributed by atoms with van der Waals surface area (Å²) in [5.74, 6) is 1.30. The van der Waals surface area contributed by atoms with Crippen molar-refractivity contribution < 1.29 is 4.79 Å². The minimum atomic E-state index is -0.0822. The predicted octanol–water partition coefficient (Wildman–Crippen LogP) is 1.75. The molecule has 0 radical (unpaired) electrons. The lowest BCUT2D eigenvalue weighted by Crippen LogP contribution is -2.44. The van der Waals surface area contributed by atoms with Gasteiger partial charge in [-0.3, -0.25) is 15.1 Å². The van der Waals surface area contributed by atoms with E-state index in [1.165, 1.54) is 37.0 Å². The van der Waals surface area contributed by atoms with Crippen molar-refractivity contribution >= 4 is 23.1 Å². The van der Waals surface area contributed by atoms with Gasteiger partial charge in [0.2, 0.25) is 5.91 Å². The summed E-state index contributed by atoms with van der Waals surface area (Å²) in [7, 11) is 0. The molecule has 3 aliphatic heterocycles. The van der Waals surface area contributed by atoms with Gasteiger partial charge in [0.25, 0.3) is 0 Å². The van der Waals surface area contributed by atoms with E-state index in [1.807, 2.05) is 12.1 Å². The molecule has 4 heterocycles. The van der Waals surface area contributed by atoms with E-state index in [9.17, 15) is 4.79 Å². The van der Waals surface area contributed by atoms with E-state index < -0.39 is 0 Å². The predicted molar refractivity (Wildman–Crippen MR) is 108 cm³/mol. The summed E-state index contributed by atoms with van der Waals surface area (Å²) in [5.41, 5.74) is 8.01. The smallest absolute Gasteiger partial charge is 0.228 e. The number of hydrogen-bond donors (Lipinski definition) is 4. The molecule has 2 unspecified atom stereocenters. The monoisotopic (exact) mass is 401 g/mol. The number of fused-ring (bicyclic) bond motifs is 2. The molecule has 2 fully saturated rings. The number of nitrogens with one attached hydrogen (secondary N) is 4. The van der Waals surface area contributed by atoms with Gasteiger partial charge in [0.05, 0.1) is 12.5 Å². The lowest BCUT2D eigenvalue weighted by atomic mass is 9.92. The fraction of sp³-hybridized carbons (Fsp3) is 0.632. The molecule has 8 nitrogen and oxygen atoms in total. The van der Waals surface area contributed by atoms with Crippen LogP contribution in [-0.2, 0) is 4.79 Å². The Labute approximate surface area is 169 Å². The van der Waals surface area contributed by atoms with Crippen LogP contribution in [0.25, 0.3) is 0 Å². The van der Waals surface area contributed by atoms with Crippen LogP contribution in [-0.4, -0.2) is 35.3 Å². The van der Waals surface area contributed by atoms with Crippen LogP contribution in [0.3, 0.4) is 0 Å². The average Bonchev–Trinajstić information content (AvgIpc) is 3.39. The first-order valence-electron chi connectivity index (χ1n) is 10.00. The molecule has 2 bridgehead atoms. The van der Waals surface area contributed by atoms with Crippen LogP contribution in [0.2, 0.25) is 0 Å². The van der Waals surface area contributed by atoms with Gasteiger partial charge in [-0.05, 0) is 50.2 Å². The zero-order valence-corrected chi connectivity index (χ0v) is 16.9. The van der Waals surface area contributed by atoms with Crippen LogP contribution in [0.4, 0.5) is 0 Å². The van der Waals surface area contributed by atoms with Crippen molar-refractivity contribution in [2.24, 2.45) is 11.0 Å². The molecule has 4 rings (SSSR count). The number of hydrogen-bond acceptors (Lipinski definition) is 8. The van der Waals surface area contributed by atoms with Crippen LogP contribution < -0.4 is 21.8 Å². The van der Waals surface area contributed by atoms with Crippen molar-refractivity contribution in [3.05, 3.63) is 21.9 Å². The summed E-state index contributed by atoms with van der Waals surface area (Å²) in [6.45, 7) is 3.35. The van der Waals surface area contributed by atoms with Gasteiger partial charge in [0, 0.05) is 23.5 Å². The molecule has 0 aliphatic carbocycles. The highest BCUT2D eigenvalue weighted by atomic mass is 32.1. The minimum absolute atomic E-state index is 0.0797. The third-order valence-electron chi connectivity index (χ3n) is 5.99. The molecule has 28 heavy (non-hydrogen) atoms. The van der Waals surface area contributed by atoms with Gasteiger partial charge in [-0.25, -0.2) is 5.53 Å². The molecule has 1 amide bonds. The second kappa shape index (κ2) is 8.47. The van der Waals surface area contributed by atoms with Crippen molar-refractivity contribution in [2.45, 2.75) is 63.6 Å². The van der Waals surface area contributed by atoms with Crippen LogP contribution in [0.5, 0.6) is 0 Å². The molecular weight excluding hydrogens is 374 g/mol. The Bertz CT molecular complexity index is 771. The van der Waals surface area contributed by atoms with Gasteiger partial charge in [0.15, 0.2) is 0 Å². The van der Waals surface area contributed by atoms with Gasteiger partial charge in [0.1, 0.15) is 16.8 Å². The molecule has 3 aliphatic rings. The first-order chi connectivity index (χ1) is 13.6. The van der Waals surface area contributed by atoms with Crippen molar-refractivity contribution in [2.75, 3.05) is 6.54 Å². The fourth-order valence-corrected chi connectivity index (χ4v) is 5.67. The number of piperidine rings is 1. The molecule has 1 aromatic heterocycles. The zero-order valence-electron chi connectivity index (χ0n) is 16.1. The number of hydrazine groups is 2. The summed E-state index contributed by atoms with van der Waals surface area (Å²) in [6.07, 6.45) is 6.21. The Morgan fingerprint density at radius 2 is 2.21 bits per heavy atom. The number of hydrazone groups is 1. The second-order valence-corrected chi connectivity index (χ2v) is 9.13. The van der Waals surface area contributed by atoms with E-state index in [0.717, 1.165) is 23.8 Å². The Hall–Kier alpha value is -2.15. The lowest BCUT2D eigenvalue weighted by molar-refractivity contribution is -0.120. The maximum atomic E-state index is 12.5. The van der Waals surface area contributed by atoms with Crippen molar-refractivity contribution in [3.8, 4) is 6.07 Å². The molecule has 150 valence electrons. The Kier molecular flexibility index (Phi) is 5.80. The van der Waals surface area contributed by atoms with Crippen LogP contribution in [0.1, 0.15) is 61.2 Å². The number of rotatable bonds is 7. The molecule has 3 atom stereocenters. The Morgan fingerprint density at radius 3 is 2.86 bits per heavy atom. The molecule has 0 saturated carbocycles. The number of carbonyl (C=O) groups excluding carboxylic acids is 1. The number of nitrogens with zero attached hydrogens (tertiary/aromatic N) is 3. The summed E-state index contributed by atoms with van der Waals surface area (Å²) >= 11 is 1.47. The third-order valence-corrected chi connectivity index (χ3v) is 7.10. The van der Waals surface area contributed by atoms with E-state index in [4.69, 9.17) is 5.26 Å². The Balaban J connectivity index is 1.41. The van der Waals surface area contributed by atoms with Gasteiger partial charge < -0.3 is 5.32 Å². The third kappa shape index (κ3) is 4.29. The molecule has 2 saturated heterocycles. The van der Waals surface area contributed by atoms with Gasteiger partial charge >= 0.3 is 0 Å². The number of thiophene rings is 1. The van der Waals surface area contributed by atoms with E-state index >= 15 is 0 Å². The largest absolute Gasteiger partial charge is 0.348 e. The summed E-state index contributed by atoms with van der Waals surface area (Å²) in [6, 6.07) is 7.30. The molecule has 0 spiro atoms. The maximum absolute atomic E-state index is 12.5. The molecule has 9 heteroatoms. The standard InChI is InChI=1S/C19H27N7OS/c1-12-8-13-2-3-14(9-12)26(13)7-6-16(17-5-4-15(11-20)28-17)21-19(27)10-18-22-24-25-23-18/h4-5,12-14,16,24-25H,2-3,6-10H2,1H3,(H,21,27)(H,22,23)/t12?,13?,14?,16-/m0/s1. The van der Waals surface area contributed by atoms with E-state index in [2.05, 4.69) is 44.8 Å². The van der Waals surface area contributed by atoms with Crippen molar-refractivity contribution in [3.63, 3.8) is 0 Å². The van der Waals surface area contributed by atoms with E-state index in [1.54, 1.807) is 0 Å². The number of nitriles is 1. The van der Waals surface area contributed by atoms with Crippen molar-refractivity contribution in [1.29, 1.82) is 5.26 Å². The molecule has 0 aromatic carbocycles. The van der Waals surface area contributed by atoms with Crippen LogP contribution in [0, 0.1) is 17.2 Å². The highest BCUT2D eigenvalue weighted by Gasteiger charge is 2.39. The van der Waals surface area contributed by atoms with Crippen LogP contribution in [0.15, 0.2) is 17.2 Å². The topological polar surface area (TPSA) is 105 Å². The van der Waals surface area contributed by atoms with Crippen molar-refractivity contribution in [1.82, 2.24) is 26.7 Å². The van der Waals surface area contributed by atoms with Gasteiger partial charge in [-0.15, -0.1) is 22.0 Å². The second-order valence-electron chi connectivity index (χ2n) is 8.02. The van der Waals surface area contributed by atoms with Gasteiger partial charge in [-0.2, -0.15) is 5.26 Å². The summed E-state index contributed by atoms with van der Waals surface area (Å²) < 4.78 is 0. The quantitative estimate of drug-likeness (QED) is 0.555. The minimum Gasteiger partial charge on any atom is -0.348 e. The highest BCUT2D eigenvalue weighted by molar-refractivity contribution is 7.12. The lowest BCUT2D eigenvalue weighted by Gasteiger charge is -2.38. The van der Waals surface area contributed by atoms with Crippen LogP contribution >= 0.6 is 11.3 Å². The first kappa shape index (κ1) is 19.2. The maximum Gasteiger partial charge on any atom is 0.228 e. The molecule has 1 aromatic rings. The van der Waals surface area contributed by atoms with E-state index in [0.29, 0.717) is 22.8 Å².